The maximum atomic E-state index is 12.3. The molecule has 13 nitrogen and oxygen atoms in total. The molecule has 2 aliphatic rings. The summed E-state index contributed by atoms with van der Waals surface area (Å²) in [6, 6.07) is 56.7. The van der Waals surface area contributed by atoms with Crippen molar-refractivity contribution >= 4 is 0 Å². The second kappa shape index (κ2) is 24.8. The van der Waals surface area contributed by atoms with Crippen molar-refractivity contribution in [2.24, 2.45) is 5.11 Å². The third kappa shape index (κ3) is 13.2. The van der Waals surface area contributed by atoms with Crippen LogP contribution in [0.4, 0.5) is 0 Å². The van der Waals surface area contributed by atoms with Gasteiger partial charge in [-0.2, -0.15) is 0 Å². The minimum absolute atomic E-state index is 0.0321. The fourth-order valence-electron chi connectivity index (χ4n) is 8.45. The molecule has 0 bridgehead atoms. The van der Waals surface area contributed by atoms with Gasteiger partial charge in [-0.3, -0.25) is 0 Å². The number of benzene rings is 6. The van der Waals surface area contributed by atoms with Gasteiger partial charge in [0.1, 0.15) is 61.0 Å². The summed E-state index contributed by atoms with van der Waals surface area (Å²) in [4.78, 5) is 3.27. The van der Waals surface area contributed by atoms with Crippen LogP contribution in [-0.4, -0.2) is 84.1 Å². The van der Waals surface area contributed by atoms with E-state index < -0.39 is 67.3 Å². The van der Waals surface area contributed by atoms with Crippen LogP contribution in [0.15, 0.2) is 187 Å². The zero-order chi connectivity index (χ0) is 46.0. The lowest BCUT2D eigenvalue weighted by Gasteiger charge is -2.50. The fraction of sp³-hybridized carbons (Fsp3) is 0.333. The van der Waals surface area contributed by atoms with Gasteiger partial charge < -0.3 is 48.1 Å². The maximum absolute atomic E-state index is 12.3. The lowest BCUT2D eigenvalue weighted by atomic mass is 9.83. The van der Waals surface area contributed by atoms with Crippen molar-refractivity contribution < 1.29 is 48.1 Å². The Hall–Kier alpha value is -5.77. The molecule has 1 saturated carbocycles. The van der Waals surface area contributed by atoms with Crippen LogP contribution in [0, 0.1) is 0 Å². The summed E-state index contributed by atoms with van der Waals surface area (Å²) in [6.07, 6.45) is -11.6. The first kappa shape index (κ1) is 47.7. The fourth-order valence-corrected chi connectivity index (χ4v) is 8.45. The Morgan fingerprint density at radius 3 is 1.15 bits per heavy atom. The molecule has 2 fully saturated rings. The van der Waals surface area contributed by atoms with E-state index in [2.05, 4.69) is 10.0 Å². The molecule has 1 heterocycles. The average molecular weight is 908 g/mol. The van der Waals surface area contributed by atoms with Gasteiger partial charge in [-0.05, 0) is 38.9 Å². The first-order valence-electron chi connectivity index (χ1n) is 22.6. The first-order valence-corrected chi connectivity index (χ1v) is 22.6. The van der Waals surface area contributed by atoms with Crippen molar-refractivity contribution in [3.63, 3.8) is 0 Å². The summed E-state index contributed by atoms with van der Waals surface area (Å²) >= 11 is 0. The van der Waals surface area contributed by atoms with Gasteiger partial charge >= 0.3 is 0 Å². The quantitative estimate of drug-likeness (QED) is 0.0383. The van der Waals surface area contributed by atoms with Gasteiger partial charge in [-0.25, -0.2) is 0 Å². The lowest BCUT2D eigenvalue weighted by Crippen LogP contribution is -2.68. The SMILES string of the molecule is [N-]=[N+]=NC1[C@@H](O[C@@H]2C(O)[C@H](O)C(OCc3ccccc3)C(OCc3ccccc3)[C@H]2OCc2ccccc2)OC(COCc2ccccc2)[C@@H](OCc2ccccc2)[C@H]1OCc1ccccc1. The molecule has 1 aliphatic carbocycles. The average Bonchev–Trinajstić information content (AvgIpc) is 3.38. The summed E-state index contributed by atoms with van der Waals surface area (Å²) in [5.41, 5.74) is 15.6. The molecule has 6 aromatic rings. The van der Waals surface area contributed by atoms with Gasteiger partial charge in [0.15, 0.2) is 6.29 Å². The van der Waals surface area contributed by atoms with Crippen LogP contribution in [0.3, 0.4) is 0 Å². The van der Waals surface area contributed by atoms with E-state index in [0.29, 0.717) is 0 Å². The van der Waals surface area contributed by atoms with Crippen molar-refractivity contribution in [1.29, 1.82) is 0 Å². The number of nitrogens with zero attached hydrogens (tertiary/aromatic N) is 3. The second-order valence-electron chi connectivity index (χ2n) is 16.6. The molecule has 6 aromatic carbocycles. The minimum atomic E-state index is -1.60. The highest BCUT2D eigenvalue weighted by Crippen LogP contribution is 2.37. The van der Waals surface area contributed by atoms with E-state index in [-0.39, 0.29) is 46.2 Å². The van der Waals surface area contributed by atoms with Crippen molar-refractivity contribution in [3.8, 4) is 0 Å². The summed E-state index contributed by atoms with van der Waals surface area (Å²) in [5, 5.41) is 28.7. The molecule has 348 valence electrons. The Morgan fingerprint density at radius 1 is 0.418 bits per heavy atom. The molecule has 0 spiro atoms. The van der Waals surface area contributed by atoms with Gasteiger partial charge in [0.2, 0.25) is 0 Å². The highest BCUT2D eigenvalue weighted by Gasteiger charge is 2.56. The molecule has 2 N–H and O–H groups in total. The Balaban J connectivity index is 1.15. The molecular weight excluding hydrogens is 851 g/mol. The van der Waals surface area contributed by atoms with Gasteiger partial charge in [-0.15, -0.1) is 0 Å². The van der Waals surface area contributed by atoms with Crippen molar-refractivity contribution in [2.75, 3.05) is 6.61 Å². The van der Waals surface area contributed by atoms with E-state index in [9.17, 15) is 15.7 Å². The molecule has 1 saturated heterocycles. The Labute approximate surface area is 391 Å². The van der Waals surface area contributed by atoms with Crippen molar-refractivity contribution in [3.05, 3.63) is 226 Å². The van der Waals surface area contributed by atoms with Crippen LogP contribution in [0.25, 0.3) is 10.4 Å². The standard InChI is InChI=1S/C54H57N3O10/c55-57-56-45-49(62-33-40-23-11-3-12-24-40)48(61-32-39-21-9-2-10-22-39)44(37-60-31-38-19-7-1-8-20-38)66-54(45)67-51-47(59)46(58)50(63-34-41-25-13-4-14-26-41)52(64-35-42-27-15-5-16-28-42)53(51)65-36-43-29-17-6-18-30-43/h1-30,44-54,58-59H,31-37H2/t44?,45?,46-,47?,48+,49-,50?,51+,52?,53-,54+/m0/s1. The number of aliphatic hydroxyl groups is 2. The first-order chi connectivity index (χ1) is 33.0. The molecule has 0 aromatic heterocycles. The molecule has 13 heteroatoms. The predicted molar refractivity (Wildman–Crippen MR) is 250 cm³/mol. The summed E-state index contributed by atoms with van der Waals surface area (Å²) in [6.45, 7) is 1.00. The van der Waals surface area contributed by atoms with Crippen LogP contribution >= 0.6 is 0 Å². The number of aliphatic hydroxyl groups excluding tert-OH is 2. The van der Waals surface area contributed by atoms with Crippen molar-refractivity contribution in [1.82, 2.24) is 0 Å². The monoisotopic (exact) mass is 907 g/mol. The Bertz CT molecular complexity index is 2370. The molecule has 67 heavy (non-hydrogen) atoms. The number of ether oxygens (including phenoxy) is 8. The summed E-state index contributed by atoms with van der Waals surface area (Å²) in [5.74, 6) is 0. The molecule has 0 radical (unpaired) electrons. The van der Waals surface area contributed by atoms with E-state index in [0.717, 1.165) is 33.4 Å². The predicted octanol–water partition coefficient (Wildman–Crippen LogP) is 8.65. The highest BCUT2D eigenvalue weighted by atomic mass is 16.7. The Kier molecular flexibility index (Phi) is 17.7. The van der Waals surface area contributed by atoms with E-state index >= 15 is 0 Å². The van der Waals surface area contributed by atoms with Gasteiger partial charge in [0.05, 0.1) is 46.2 Å². The van der Waals surface area contributed by atoms with Crippen LogP contribution in [0.5, 0.6) is 0 Å². The normalized spacial score (nSPS) is 26.1. The zero-order valence-electron chi connectivity index (χ0n) is 37.1. The number of hydrogen-bond acceptors (Lipinski definition) is 11. The molecule has 0 amide bonds. The van der Waals surface area contributed by atoms with E-state index in [1.54, 1.807) is 0 Å². The van der Waals surface area contributed by atoms with Gasteiger partial charge in [0.25, 0.3) is 0 Å². The number of hydrogen-bond donors (Lipinski definition) is 2. The van der Waals surface area contributed by atoms with Crippen LogP contribution in [0.1, 0.15) is 33.4 Å². The zero-order valence-corrected chi connectivity index (χ0v) is 37.1. The second-order valence-corrected chi connectivity index (χ2v) is 16.6. The number of rotatable bonds is 22. The third-order valence-electron chi connectivity index (χ3n) is 11.9. The minimum Gasteiger partial charge on any atom is -0.387 e. The molecule has 5 unspecified atom stereocenters. The van der Waals surface area contributed by atoms with Gasteiger partial charge in [0, 0.05) is 4.91 Å². The molecular formula is C54H57N3O10. The maximum Gasteiger partial charge on any atom is 0.169 e. The van der Waals surface area contributed by atoms with E-state index in [1.807, 2.05) is 182 Å². The summed E-state index contributed by atoms with van der Waals surface area (Å²) < 4.78 is 53.5. The van der Waals surface area contributed by atoms with Crippen molar-refractivity contribution in [2.45, 2.75) is 107 Å². The topological polar surface area (TPSA) is 163 Å². The molecule has 1 aliphatic heterocycles. The lowest BCUT2D eigenvalue weighted by molar-refractivity contribution is -0.335. The van der Waals surface area contributed by atoms with E-state index in [1.165, 1.54) is 0 Å². The van der Waals surface area contributed by atoms with Crippen LogP contribution in [0.2, 0.25) is 0 Å². The van der Waals surface area contributed by atoms with E-state index in [4.69, 9.17) is 37.9 Å². The number of azide groups is 1. The molecule has 8 rings (SSSR count). The Morgan fingerprint density at radius 2 is 0.746 bits per heavy atom. The van der Waals surface area contributed by atoms with Crippen LogP contribution in [-0.2, 0) is 77.5 Å². The largest absolute Gasteiger partial charge is 0.387 e. The van der Waals surface area contributed by atoms with Gasteiger partial charge in [-0.1, -0.05) is 187 Å². The molecule has 11 atom stereocenters. The summed E-state index contributed by atoms with van der Waals surface area (Å²) in [7, 11) is 0. The highest BCUT2D eigenvalue weighted by molar-refractivity contribution is 5.19. The smallest absolute Gasteiger partial charge is 0.169 e. The third-order valence-corrected chi connectivity index (χ3v) is 11.9. The van der Waals surface area contributed by atoms with Crippen LogP contribution < -0.4 is 0 Å².